The molecule has 2 aromatic carbocycles. The Labute approximate surface area is 192 Å². The maximum absolute atomic E-state index is 13.5. The van der Waals surface area contributed by atoms with Gasteiger partial charge in [0.2, 0.25) is 5.91 Å². The molecule has 1 saturated heterocycles. The van der Waals surface area contributed by atoms with Gasteiger partial charge in [0, 0.05) is 49.9 Å². The van der Waals surface area contributed by atoms with E-state index in [1.165, 1.54) is 0 Å². The highest BCUT2D eigenvalue weighted by atomic mass is 16.3. The first kappa shape index (κ1) is 20.9. The number of aryl methyl sites for hydroxylation is 1. The van der Waals surface area contributed by atoms with Crippen molar-refractivity contribution in [1.29, 1.82) is 0 Å². The van der Waals surface area contributed by atoms with Gasteiger partial charge in [-0.15, -0.1) is 0 Å². The lowest BCUT2D eigenvalue weighted by Gasteiger charge is -2.39. The van der Waals surface area contributed by atoms with Gasteiger partial charge < -0.3 is 14.2 Å². The Bertz CT molecular complexity index is 1310. The molecule has 33 heavy (non-hydrogen) atoms. The van der Waals surface area contributed by atoms with Crippen LogP contribution in [0.1, 0.15) is 21.7 Å². The molecule has 166 valence electrons. The van der Waals surface area contributed by atoms with Crippen LogP contribution in [0.15, 0.2) is 77.5 Å². The number of amides is 2. The van der Waals surface area contributed by atoms with Crippen molar-refractivity contribution in [3.63, 3.8) is 0 Å². The minimum atomic E-state index is -0.576. The second kappa shape index (κ2) is 8.54. The minimum Gasteiger partial charge on any atom is -0.451 e. The van der Waals surface area contributed by atoms with Crippen LogP contribution in [0.3, 0.4) is 0 Å². The zero-order chi connectivity index (χ0) is 22.9. The summed E-state index contributed by atoms with van der Waals surface area (Å²) in [5.74, 6) is 0.0207. The Hall–Kier alpha value is -3.93. The third-order valence-electron chi connectivity index (χ3n) is 6.39. The minimum absolute atomic E-state index is 0.0558. The third kappa shape index (κ3) is 3.89. The van der Waals surface area contributed by atoms with E-state index in [0.717, 1.165) is 27.6 Å². The number of hydrogen-bond donors (Lipinski definition) is 0. The van der Waals surface area contributed by atoms with Crippen LogP contribution >= 0.6 is 0 Å². The fraction of sp³-hybridized carbons (Fsp3) is 0.222. The van der Waals surface area contributed by atoms with Crippen LogP contribution in [0.4, 0.5) is 0 Å². The molecule has 2 amide bonds. The predicted octanol–water partition coefficient (Wildman–Crippen LogP) is 4.33. The Kier molecular flexibility index (Phi) is 5.42. The summed E-state index contributed by atoms with van der Waals surface area (Å²) >= 11 is 0. The number of pyridine rings is 1. The number of carbonyl (C=O) groups excluding carboxylic acids is 2. The first-order chi connectivity index (χ1) is 16.0. The quantitative estimate of drug-likeness (QED) is 0.475. The van der Waals surface area contributed by atoms with Crippen LogP contribution in [0, 0.1) is 6.92 Å². The second-order valence-electron chi connectivity index (χ2n) is 8.47. The molecule has 0 radical (unpaired) electrons. The Balaban J connectivity index is 1.43. The summed E-state index contributed by atoms with van der Waals surface area (Å²) in [6, 6.07) is 19.0. The number of hydrogen-bond acceptors (Lipinski definition) is 4. The number of aromatic nitrogens is 1. The molecule has 0 spiro atoms. The number of likely N-dealkylation sites (N-methyl/N-ethyl adjacent to an activating group) is 1. The lowest BCUT2D eigenvalue weighted by Crippen LogP contribution is -2.58. The number of piperazine rings is 1. The molecule has 0 aliphatic carbocycles. The molecule has 6 heteroatoms. The molecule has 1 aliphatic rings. The maximum atomic E-state index is 13.5. The monoisotopic (exact) mass is 439 g/mol. The molecule has 1 atom stereocenters. The molecule has 6 nitrogen and oxygen atoms in total. The number of rotatable bonds is 4. The van der Waals surface area contributed by atoms with Crippen LogP contribution in [0.5, 0.6) is 0 Å². The zero-order valence-corrected chi connectivity index (χ0v) is 18.7. The van der Waals surface area contributed by atoms with E-state index in [1.807, 2.05) is 73.8 Å². The molecule has 2 aromatic heterocycles. The predicted molar refractivity (Wildman–Crippen MR) is 127 cm³/mol. The fourth-order valence-electron chi connectivity index (χ4n) is 4.45. The van der Waals surface area contributed by atoms with E-state index in [1.54, 1.807) is 23.0 Å². The summed E-state index contributed by atoms with van der Waals surface area (Å²) in [4.78, 5) is 34.2. The number of carbonyl (C=O) groups is 2. The van der Waals surface area contributed by atoms with Gasteiger partial charge in [0.15, 0.2) is 5.76 Å². The van der Waals surface area contributed by atoms with Gasteiger partial charge in [-0.3, -0.25) is 14.6 Å². The fourth-order valence-corrected chi connectivity index (χ4v) is 4.45. The number of nitrogens with zero attached hydrogens (tertiary/aromatic N) is 3. The SMILES string of the molecule is Cc1c(C(=O)N2CCN(C)C(=O)C2Cc2ccc(-c3cccnc3)cc2)oc2ccccc12. The average Bonchev–Trinajstić information content (AvgIpc) is 3.19. The standard InChI is InChI=1S/C27H25N3O3/c1-18-22-7-3-4-8-24(22)33-25(18)27(32)30-15-14-29(2)26(31)23(30)16-19-9-11-20(12-10-19)21-6-5-13-28-17-21/h3-13,17,23H,14-16H2,1-2H3. The van der Waals surface area contributed by atoms with Gasteiger partial charge in [0.25, 0.3) is 5.91 Å². The van der Waals surface area contributed by atoms with Crippen LogP contribution in [0.25, 0.3) is 22.1 Å². The lowest BCUT2D eigenvalue weighted by atomic mass is 9.98. The van der Waals surface area contributed by atoms with Crippen molar-refractivity contribution in [2.45, 2.75) is 19.4 Å². The van der Waals surface area contributed by atoms with Crippen molar-refractivity contribution in [1.82, 2.24) is 14.8 Å². The van der Waals surface area contributed by atoms with Crippen LogP contribution < -0.4 is 0 Å². The topological polar surface area (TPSA) is 66.7 Å². The van der Waals surface area contributed by atoms with Crippen molar-refractivity contribution < 1.29 is 14.0 Å². The Morgan fingerprint density at radius 2 is 1.82 bits per heavy atom. The van der Waals surface area contributed by atoms with E-state index >= 15 is 0 Å². The Morgan fingerprint density at radius 1 is 1.03 bits per heavy atom. The summed E-state index contributed by atoms with van der Waals surface area (Å²) < 4.78 is 5.92. The van der Waals surface area contributed by atoms with E-state index < -0.39 is 6.04 Å². The van der Waals surface area contributed by atoms with Gasteiger partial charge in [-0.1, -0.05) is 48.5 Å². The molecular formula is C27H25N3O3. The first-order valence-electron chi connectivity index (χ1n) is 11.1. The molecule has 1 unspecified atom stereocenters. The smallest absolute Gasteiger partial charge is 0.290 e. The number of fused-ring (bicyclic) bond motifs is 1. The molecule has 5 rings (SSSR count). The van der Waals surface area contributed by atoms with E-state index in [2.05, 4.69) is 4.98 Å². The summed E-state index contributed by atoms with van der Waals surface area (Å²) in [7, 11) is 1.79. The van der Waals surface area contributed by atoms with Gasteiger partial charge in [0.05, 0.1) is 0 Å². The molecule has 0 bridgehead atoms. The highest BCUT2D eigenvalue weighted by Gasteiger charge is 2.38. The number of furan rings is 1. The van der Waals surface area contributed by atoms with Crippen molar-refractivity contribution >= 4 is 22.8 Å². The van der Waals surface area contributed by atoms with Crippen molar-refractivity contribution in [3.05, 3.63) is 89.9 Å². The first-order valence-corrected chi connectivity index (χ1v) is 11.1. The highest BCUT2D eigenvalue weighted by molar-refractivity contribution is 6.01. The van der Waals surface area contributed by atoms with Crippen LogP contribution in [-0.4, -0.2) is 52.8 Å². The molecular weight excluding hydrogens is 414 g/mol. The normalized spacial score (nSPS) is 16.4. The van der Waals surface area contributed by atoms with Gasteiger partial charge in [-0.05, 0) is 35.7 Å². The van der Waals surface area contributed by atoms with Gasteiger partial charge >= 0.3 is 0 Å². The zero-order valence-electron chi connectivity index (χ0n) is 18.7. The van der Waals surface area contributed by atoms with Crippen molar-refractivity contribution in [2.75, 3.05) is 20.1 Å². The molecule has 4 aromatic rings. The summed E-state index contributed by atoms with van der Waals surface area (Å²) in [5.41, 5.74) is 4.58. The number of benzene rings is 2. The largest absolute Gasteiger partial charge is 0.451 e. The molecule has 0 N–H and O–H groups in total. The maximum Gasteiger partial charge on any atom is 0.290 e. The van der Waals surface area contributed by atoms with Gasteiger partial charge in [-0.25, -0.2) is 0 Å². The lowest BCUT2D eigenvalue weighted by molar-refractivity contribution is -0.138. The Morgan fingerprint density at radius 3 is 2.55 bits per heavy atom. The molecule has 1 aliphatic heterocycles. The third-order valence-corrected chi connectivity index (χ3v) is 6.39. The van der Waals surface area contributed by atoms with Gasteiger partial charge in [0.1, 0.15) is 11.6 Å². The summed E-state index contributed by atoms with van der Waals surface area (Å²) in [5, 5.41) is 0.920. The van der Waals surface area contributed by atoms with Gasteiger partial charge in [-0.2, -0.15) is 0 Å². The average molecular weight is 440 g/mol. The van der Waals surface area contributed by atoms with Crippen molar-refractivity contribution in [2.24, 2.45) is 0 Å². The van der Waals surface area contributed by atoms with E-state index in [9.17, 15) is 9.59 Å². The summed E-state index contributed by atoms with van der Waals surface area (Å²) in [6.45, 7) is 2.86. The molecule has 0 saturated carbocycles. The van der Waals surface area contributed by atoms with E-state index in [0.29, 0.717) is 30.9 Å². The molecule has 3 heterocycles. The second-order valence-corrected chi connectivity index (χ2v) is 8.47. The number of para-hydroxylation sites is 1. The summed E-state index contributed by atoms with van der Waals surface area (Å²) in [6.07, 6.45) is 4.02. The van der Waals surface area contributed by atoms with Crippen LogP contribution in [-0.2, 0) is 11.2 Å². The van der Waals surface area contributed by atoms with Crippen LogP contribution in [0.2, 0.25) is 0 Å². The molecule has 1 fully saturated rings. The van der Waals surface area contributed by atoms with Crippen molar-refractivity contribution in [3.8, 4) is 11.1 Å². The van der Waals surface area contributed by atoms with E-state index in [-0.39, 0.29) is 11.8 Å². The van der Waals surface area contributed by atoms with E-state index in [4.69, 9.17) is 4.42 Å². The highest BCUT2D eigenvalue weighted by Crippen LogP contribution is 2.28.